The van der Waals surface area contributed by atoms with E-state index in [4.69, 9.17) is 18.9 Å². The molecule has 1 aliphatic rings. The molecule has 1 saturated heterocycles. The first-order chi connectivity index (χ1) is 9.65. The molecule has 6 nitrogen and oxygen atoms in total. The van der Waals surface area contributed by atoms with Gasteiger partial charge in [-0.3, -0.25) is 0 Å². The number of methoxy groups -OCH3 is 1. The zero-order valence-corrected chi connectivity index (χ0v) is 11.5. The quantitative estimate of drug-likeness (QED) is 0.787. The van der Waals surface area contributed by atoms with Gasteiger partial charge in [0, 0.05) is 0 Å². The molecule has 1 aromatic rings. The molecule has 1 aromatic carbocycles. The van der Waals surface area contributed by atoms with Gasteiger partial charge in [0.1, 0.15) is 6.10 Å². The fourth-order valence-electron chi connectivity index (χ4n) is 1.77. The highest BCUT2D eigenvalue weighted by molar-refractivity contribution is 5.76. The molecule has 1 N–H and O–H groups in total. The molecule has 1 fully saturated rings. The standard InChI is InChI=1S/C14H18O6/c1-3-19-14(16)13(15)9-4-5-11(17-2)12(6-9)20-10-7-18-8-10/h4-6,10,13,15H,3,7-8H2,1-2H3. The van der Waals surface area contributed by atoms with Crippen LogP contribution in [-0.2, 0) is 14.3 Å². The van der Waals surface area contributed by atoms with Crippen LogP contribution in [0.15, 0.2) is 18.2 Å². The van der Waals surface area contributed by atoms with Crippen molar-refractivity contribution in [2.75, 3.05) is 26.9 Å². The molecule has 2 rings (SSSR count). The largest absolute Gasteiger partial charge is 0.493 e. The van der Waals surface area contributed by atoms with Crippen LogP contribution in [0.1, 0.15) is 18.6 Å². The van der Waals surface area contributed by atoms with Gasteiger partial charge in [0.05, 0.1) is 26.9 Å². The highest BCUT2D eigenvalue weighted by atomic mass is 16.6. The third-order valence-electron chi connectivity index (χ3n) is 2.91. The molecule has 0 spiro atoms. The molecule has 0 aliphatic carbocycles. The lowest BCUT2D eigenvalue weighted by molar-refractivity contribution is -0.153. The number of benzene rings is 1. The molecular weight excluding hydrogens is 264 g/mol. The molecular formula is C14H18O6. The van der Waals surface area contributed by atoms with Gasteiger partial charge >= 0.3 is 5.97 Å². The Morgan fingerprint density at radius 3 is 2.75 bits per heavy atom. The van der Waals surface area contributed by atoms with Gasteiger partial charge in [-0.05, 0) is 24.6 Å². The van der Waals surface area contributed by atoms with E-state index in [1.54, 1.807) is 25.1 Å². The van der Waals surface area contributed by atoms with E-state index in [1.807, 2.05) is 0 Å². The fourth-order valence-corrected chi connectivity index (χ4v) is 1.77. The number of carbonyl (C=O) groups excluding carboxylic acids is 1. The first-order valence-electron chi connectivity index (χ1n) is 6.42. The van der Waals surface area contributed by atoms with Crippen molar-refractivity contribution in [3.05, 3.63) is 23.8 Å². The Labute approximate surface area is 117 Å². The summed E-state index contributed by atoms with van der Waals surface area (Å²) < 4.78 is 20.7. The van der Waals surface area contributed by atoms with Crippen LogP contribution in [-0.4, -0.2) is 44.1 Å². The van der Waals surface area contributed by atoms with Crippen molar-refractivity contribution in [3.63, 3.8) is 0 Å². The Hall–Kier alpha value is -1.79. The van der Waals surface area contributed by atoms with Gasteiger partial charge in [-0.1, -0.05) is 6.07 Å². The molecule has 1 aliphatic heterocycles. The van der Waals surface area contributed by atoms with E-state index in [0.717, 1.165) is 0 Å². The topological polar surface area (TPSA) is 74.2 Å². The number of aliphatic hydroxyl groups excluding tert-OH is 1. The molecule has 20 heavy (non-hydrogen) atoms. The van der Waals surface area contributed by atoms with Crippen molar-refractivity contribution in [2.24, 2.45) is 0 Å². The van der Waals surface area contributed by atoms with Crippen LogP contribution in [0.25, 0.3) is 0 Å². The zero-order valence-electron chi connectivity index (χ0n) is 11.5. The Bertz CT molecular complexity index is 469. The fraction of sp³-hybridized carbons (Fsp3) is 0.500. The maximum Gasteiger partial charge on any atom is 0.339 e. The number of rotatable bonds is 6. The van der Waals surface area contributed by atoms with Gasteiger partial charge < -0.3 is 24.1 Å². The number of carbonyl (C=O) groups is 1. The Balaban J connectivity index is 2.17. The summed E-state index contributed by atoms with van der Waals surface area (Å²) >= 11 is 0. The van der Waals surface area contributed by atoms with Gasteiger partial charge in [0.15, 0.2) is 17.6 Å². The SMILES string of the molecule is CCOC(=O)C(O)c1ccc(OC)c(OC2COC2)c1. The number of hydrogen-bond acceptors (Lipinski definition) is 6. The zero-order chi connectivity index (χ0) is 14.5. The summed E-state index contributed by atoms with van der Waals surface area (Å²) in [5.74, 6) is 0.328. The molecule has 1 atom stereocenters. The van der Waals surface area contributed by atoms with Crippen molar-refractivity contribution >= 4 is 5.97 Å². The minimum atomic E-state index is -1.33. The van der Waals surface area contributed by atoms with Gasteiger partial charge in [-0.25, -0.2) is 4.79 Å². The monoisotopic (exact) mass is 282 g/mol. The van der Waals surface area contributed by atoms with Crippen LogP contribution in [0, 0.1) is 0 Å². The second kappa shape index (κ2) is 6.58. The van der Waals surface area contributed by atoms with E-state index in [-0.39, 0.29) is 12.7 Å². The van der Waals surface area contributed by atoms with E-state index in [1.165, 1.54) is 7.11 Å². The van der Waals surface area contributed by atoms with E-state index in [2.05, 4.69) is 0 Å². The average Bonchev–Trinajstić information content (AvgIpc) is 2.42. The van der Waals surface area contributed by atoms with E-state index in [0.29, 0.717) is 30.3 Å². The number of aliphatic hydroxyl groups is 1. The highest BCUT2D eigenvalue weighted by Crippen LogP contribution is 2.32. The van der Waals surface area contributed by atoms with Gasteiger partial charge in [-0.2, -0.15) is 0 Å². The van der Waals surface area contributed by atoms with Crippen LogP contribution >= 0.6 is 0 Å². The van der Waals surface area contributed by atoms with Crippen molar-refractivity contribution in [1.82, 2.24) is 0 Å². The lowest BCUT2D eigenvalue weighted by Gasteiger charge is -2.27. The third kappa shape index (κ3) is 3.20. The Morgan fingerprint density at radius 1 is 1.45 bits per heavy atom. The minimum absolute atomic E-state index is 0.0288. The van der Waals surface area contributed by atoms with Gasteiger partial charge in [0.2, 0.25) is 0 Å². The molecule has 0 saturated carbocycles. The molecule has 0 radical (unpaired) electrons. The second-order valence-electron chi connectivity index (χ2n) is 4.34. The number of esters is 1. The lowest BCUT2D eigenvalue weighted by atomic mass is 10.1. The molecule has 0 aromatic heterocycles. The summed E-state index contributed by atoms with van der Waals surface area (Å²) in [6, 6.07) is 4.83. The number of hydrogen-bond donors (Lipinski definition) is 1. The van der Waals surface area contributed by atoms with E-state index < -0.39 is 12.1 Å². The normalized spacial score (nSPS) is 16.1. The minimum Gasteiger partial charge on any atom is -0.493 e. The summed E-state index contributed by atoms with van der Waals surface area (Å²) in [4.78, 5) is 11.5. The summed E-state index contributed by atoms with van der Waals surface area (Å²) in [7, 11) is 1.53. The average molecular weight is 282 g/mol. The summed E-state index contributed by atoms with van der Waals surface area (Å²) in [6.07, 6.45) is -1.36. The third-order valence-corrected chi connectivity index (χ3v) is 2.91. The van der Waals surface area contributed by atoms with Gasteiger partial charge in [0.25, 0.3) is 0 Å². The summed E-state index contributed by atoms with van der Waals surface area (Å²) in [6.45, 7) is 2.94. The highest BCUT2D eigenvalue weighted by Gasteiger charge is 2.24. The molecule has 110 valence electrons. The molecule has 1 unspecified atom stereocenters. The van der Waals surface area contributed by atoms with Crippen LogP contribution < -0.4 is 9.47 Å². The Kier molecular flexibility index (Phi) is 4.81. The smallest absolute Gasteiger partial charge is 0.339 e. The second-order valence-corrected chi connectivity index (χ2v) is 4.34. The summed E-state index contributed by atoms with van der Waals surface area (Å²) in [5, 5.41) is 9.92. The van der Waals surface area contributed by atoms with Crippen LogP contribution in [0.2, 0.25) is 0 Å². The molecule has 0 bridgehead atoms. The predicted molar refractivity (Wildman–Crippen MR) is 69.8 cm³/mol. The summed E-state index contributed by atoms with van der Waals surface area (Å²) in [5.41, 5.74) is 0.402. The van der Waals surface area contributed by atoms with Crippen LogP contribution in [0.4, 0.5) is 0 Å². The maximum atomic E-state index is 11.5. The predicted octanol–water partition coefficient (Wildman–Crippen LogP) is 1.07. The first-order valence-corrected chi connectivity index (χ1v) is 6.42. The van der Waals surface area contributed by atoms with Crippen molar-refractivity contribution in [3.8, 4) is 11.5 Å². The number of ether oxygens (including phenoxy) is 4. The molecule has 1 heterocycles. The Morgan fingerprint density at radius 2 is 2.20 bits per heavy atom. The van der Waals surface area contributed by atoms with Crippen LogP contribution in [0.5, 0.6) is 11.5 Å². The lowest BCUT2D eigenvalue weighted by Crippen LogP contribution is -2.38. The van der Waals surface area contributed by atoms with Crippen LogP contribution in [0.3, 0.4) is 0 Å². The van der Waals surface area contributed by atoms with Crippen molar-refractivity contribution < 1.29 is 28.8 Å². The maximum absolute atomic E-state index is 11.5. The van der Waals surface area contributed by atoms with Crippen molar-refractivity contribution in [2.45, 2.75) is 19.1 Å². The molecule has 6 heteroatoms. The van der Waals surface area contributed by atoms with Crippen molar-refractivity contribution in [1.29, 1.82) is 0 Å². The molecule has 0 amide bonds. The first kappa shape index (κ1) is 14.6. The van der Waals surface area contributed by atoms with E-state index in [9.17, 15) is 9.90 Å². The van der Waals surface area contributed by atoms with E-state index >= 15 is 0 Å². The van der Waals surface area contributed by atoms with Gasteiger partial charge in [-0.15, -0.1) is 0 Å².